The van der Waals surface area contributed by atoms with Crippen molar-refractivity contribution in [3.05, 3.63) is 59.3 Å². The molecule has 0 unspecified atom stereocenters. The van der Waals surface area contributed by atoms with Crippen molar-refractivity contribution >= 4 is 46.5 Å². The number of urea groups is 1. The first-order chi connectivity index (χ1) is 16.4. The zero-order chi connectivity index (χ0) is 24.2. The summed E-state index contributed by atoms with van der Waals surface area (Å²) >= 11 is 1.10. The Balaban J connectivity index is 1.62. The number of thioether (sulfide) groups is 1. The number of amidine groups is 1. The molecule has 2 aliphatic rings. The lowest BCUT2D eigenvalue weighted by molar-refractivity contribution is -0.119. The van der Waals surface area contributed by atoms with Gasteiger partial charge in [-0.25, -0.2) is 9.79 Å². The molecular weight excluding hydrogens is 456 g/mol. The van der Waals surface area contributed by atoms with E-state index in [1.54, 1.807) is 32.1 Å². The van der Waals surface area contributed by atoms with Gasteiger partial charge in [-0.3, -0.25) is 19.8 Å². The second-order valence-electron chi connectivity index (χ2n) is 7.62. The summed E-state index contributed by atoms with van der Waals surface area (Å²) in [4.78, 5) is 43.6. The molecule has 2 aromatic carbocycles. The van der Waals surface area contributed by atoms with Crippen LogP contribution in [0.25, 0.3) is 6.08 Å². The van der Waals surface area contributed by atoms with Gasteiger partial charge in [0, 0.05) is 6.54 Å². The number of fused-ring (bicyclic) bond motifs is 1. The van der Waals surface area contributed by atoms with Crippen LogP contribution in [0.2, 0.25) is 0 Å². The molecule has 0 aromatic heterocycles. The van der Waals surface area contributed by atoms with Gasteiger partial charge in [-0.15, -0.1) is 0 Å². The van der Waals surface area contributed by atoms with Crippen molar-refractivity contribution in [3.8, 4) is 11.5 Å². The van der Waals surface area contributed by atoms with E-state index in [1.165, 1.54) is 4.90 Å². The van der Waals surface area contributed by atoms with E-state index < -0.39 is 17.2 Å². The molecule has 0 bridgehead atoms. The van der Waals surface area contributed by atoms with Crippen LogP contribution in [0.3, 0.4) is 0 Å². The molecule has 2 N–H and O–H groups in total. The van der Waals surface area contributed by atoms with E-state index in [0.29, 0.717) is 28.9 Å². The molecule has 4 rings (SSSR count). The third-order valence-corrected chi connectivity index (χ3v) is 6.10. The third-order valence-electron chi connectivity index (χ3n) is 5.05. The summed E-state index contributed by atoms with van der Waals surface area (Å²) in [6.45, 7) is 5.92. The summed E-state index contributed by atoms with van der Waals surface area (Å²) in [7, 11) is 0. The van der Waals surface area contributed by atoms with Gasteiger partial charge >= 0.3 is 6.03 Å². The molecule has 2 aromatic rings. The fourth-order valence-corrected chi connectivity index (χ4v) is 4.21. The van der Waals surface area contributed by atoms with Crippen molar-refractivity contribution in [2.24, 2.45) is 4.99 Å². The summed E-state index contributed by atoms with van der Waals surface area (Å²) in [5.41, 5.74) is 2.63. The Labute approximate surface area is 201 Å². The summed E-state index contributed by atoms with van der Waals surface area (Å²) in [5.74, 6) is 0.445. The highest BCUT2D eigenvalue weighted by atomic mass is 32.2. The topological polar surface area (TPSA) is 109 Å². The number of hydrogen-bond donors (Lipinski definition) is 2. The van der Waals surface area contributed by atoms with Crippen molar-refractivity contribution < 1.29 is 23.9 Å². The molecule has 0 fully saturated rings. The fraction of sp³-hybridized carbons (Fsp3) is 0.250. The number of nitrogens with one attached hydrogen (secondary N) is 2. The van der Waals surface area contributed by atoms with E-state index in [-0.39, 0.29) is 18.4 Å². The molecule has 10 heteroatoms. The number of hydrogen-bond acceptors (Lipinski definition) is 7. The van der Waals surface area contributed by atoms with Crippen LogP contribution in [-0.4, -0.2) is 41.6 Å². The molecule has 9 nitrogen and oxygen atoms in total. The molecule has 2 heterocycles. The van der Waals surface area contributed by atoms with Crippen LogP contribution in [0.4, 0.5) is 10.5 Å². The highest BCUT2D eigenvalue weighted by Crippen LogP contribution is 2.35. The fourth-order valence-electron chi connectivity index (χ4n) is 3.29. The Hall–Kier alpha value is -3.79. The average molecular weight is 481 g/mol. The second-order valence-corrected chi connectivity index (χ2v) is 8.93. The largest absolute Gasteiger partial charge is 0.454 e. The van der Waals surface area contributed by atoms with Gasteiger partial charge in [0.15, 0.2) is 16.7 Å². The Bertz CT molecular complexity index is 1190. The van der Waals surface area contributed by atoms with E-state index in [0.717, 1.165) is 22.9 Å². The van der Waals surface area contributed by atoms with Gasteiger partial charge in [0.25, 0.3) is 5.91 Å². The van der Waals surface area contributed by atoms with Crippen LogP contribution >= 0.6 is 11.8 Å². The standard InChI is InChI=1S/C24H24N4O5S/c1-4-25-23(31)27-21(29)15(3)34-24-26-18(11-16-7-10-19-20(12-16)33-13-32-19)22(30)28(24)17-8-5-14(2)6-9-17/h5-12,15H,4,13H2,1-3H3,(H2,25,27,29,31)/b18-11+/t15-/m1/s1. The maximum absolute atomic E-state index is 13.4. The third kappa shape index (κ3) is 5.07. The summed E-state index contributed by atoms with van der Waals surface area (Å²) in [6.07, 6.45) is 1.67. The smallest absolute Gasteiger partial charge is 0.321 e. The zero-order valence-corrected chi connectivity index (χ0v) is 19.8. The minimum absolute atomic E-state index is 0.157. The first-order valence-corrected chi connectivity index (χ1v) is 11.6. The van der Waals surface area contributed by atoms with Crippen LogP contribution in [0.15, 0.2) is 53.2 Å². The molecule has 0 spiro atoms. The number of ether oxygens (including phenoxy) is 2. The maximum atomic E-state index is 13.4. The highest BCUT2D eigenvalue weighted by Gasteiger charge is 2.34. The van der Waals surface area contributed by atoms with Gasteiger partial charge in [0.2, 0.25) is 12.7 Å². The number of carbonyl (C=O) groups excluding carboxylic acids is 3. The molecule has 4 amide bonds. The minimum Gasteiger partial charge on any atom is -0.454 e. The Morgan fingerprint density at radius 2 is 1.91 bits per heavy atom. The quantitative estimate of drug-likeness (QED) is 0.635. The normalized spacial score (nSPS) is 16.4. The Morgan fingerprint density at radius 3 is 2.65 bits per heavy atom. The van der Waals surface area contributed by atoms with Crippen molar-refractivity contribution in [3.63, 3.8) is 0 Å². The monoisotopic (exact) mass is 480 g/mol. The predicted octanol–water partition coefficient (Wildman–Crippen LogP) is 3.43. The van der Waals surface area contributed by atoms with Crippen LogP contribution in [-0.2, 0) is 9.59 Å². The molecule has 0 radical (unpaired) electrons. The van der Waals surface area contributed by atoms with E-state index in [4.69, 9.17) is 9.47 Å². The summed E-state index contributed by atoms with van der Waals surface area (Å²) in [5, 5.41) is 4.49. The number of benzene rings is 2. The van der Waals surface area contributed by atoms with Crippen LogP contribution in [0.1, 0.15) is 25.0 Å². The summed E-state index contributed by atoms with van der Waals surface area (Å²) < 4.78 is 10.8. The number of nitrogens with zero attached hydrogens (tertiary/aromatic N) is 2. The SMILES string of the molecule is CCNC(=O)NC(=O)[C@@H](C)SC1=N/C(=C/c2ccc3c(c2)OCO3)C(=O)N1c1ccc(C)cc1. The molecule has 176 valence electrons. The lowest BCUT2D eigenvalue weighted by atomic mass is 10.1. The van der Waals surface area contributed by atoms with Gasteiger partial charge < -0.3 is 14.8 Å². The van der Waals surface area contributed by atoms with Gasteiger partial charge in [0.05, 0.1) is 10.9 Å². The Kier molecular flexibility index (Phi) is 6.87. The van der Waals surface area contributed by atoms with Crippen molar-refractivity contribution in [1.29, 1.82) is 0 Å². The number of aryl methyl sites for hydroxylation is 1. The molecule has 0 saturated heterocycles. The van der Waals surface area contributed by atoms with E-state index in [2.05, 4.69) is 15.6 Å². The van der Waals surface area contributed by atoms with Crippen LogP contribution in [0.5, 0.6) is 11.5 Å². The minimum atomic E-state index is -0.674. The molecule has 2 aliphatic heterocycles. The Morgan fingerprint density at radius 1 is 1.18 bits per heavy atom. The number of amides is 4. The van der Waals surface area contributed by atoms with Gasteiger partial charge in [0.1, 0.15) is 5.70 Å². The van der Waals surface area contributed by atoms with E-state index in [9.17, 15) is 14.4 Å². The lowest BCUT2D eigenvalue weighted by Crippen LogP contribution is -2.43. The number of aliphatic imine (C=N–C) groups is 1. The number of rotatable bonds is 5. The predicted molar refractivity (Wildman–Crippen MR) is 131 cm³/mol. The number of carbonyl (C=O) groups is 3. The van der Waals surface area contributed by atoms with Crippen LogP contribution < -0.4 is 25.0 Å². The summed E-state index contributed by atoms with van der Waals surface area (Å²) in [6, 6.07) is 12.3. The molecule has 1 atom stereocenters. The number of imide groups is 1. The molecular formula is C24H24N4O5S. The van der Waals surface area contributed by atoms with E-state index in [1.807, 2.05) is 37.3 Å². The zero-order valence-electron chi connectivity index (χ0n) is 19.0. The van der Waals surface area contributed by atoms with Gasteiger partial charge in [-0.2, -0.15) is 0 Å². The van der Waals surface area contributed by atoms with Crippen molar-refractivity contribution in [1.82, 2.24) is 10.6 Å². The average Bonchev–Trinajstić information content (AvgIpc) is 3.39. The second kappa shape index (κ2) is 10.0. The maximum Gasteiger partial charge on any atom is 0.321 e. The van der Waals surface area contributed by atoms with Gasteiger partial charge in [-0.1, -0.05) is 35.5 Å². The van der Waals surface area contributed by atoms with Crippen LogP contribution in [0, 0.1) is 6.92 Å². The first-order valence-electron chi connectivity index (χ1n) is 10.7. The highest BCUT2D eigenvalue weighted by molar-refractivity contribution is 8.15. The molecule has 0 saturated carbocycles. The molecule has 34 heavy (non-hydrogen) atoms. The van der Waals surface area contributed by atoms with Gasteiger partial charge in [-0.05, 0) is 56.7 Å². The molecule has 0 aliphatic carbocycles. The number of anilines is 1. The first kappa shape index (κ1) is 23.4. The lowest BCUT2D eigenvalue weighted by Gasteiger charge is -2.20. The van der Waals surface area contributed by atoms with E-state index >= 15 is 0 Å². The van der Waals surface area contributed by atoms with Crippen molar-refractivity contribution in [2.45, 2.75) is 26.0 Å². The van der Waals surface area contributed by atoms with Crippen molar-refractivity contribution in [2.75, 3.05) is 18.2 Å².